The second-order valence-electron chi connectivity index (χ2n) is 7.06. The van der Waals surface area contributed by atoms with Gasteiger partial charge in [0.25, 0.3) is 5.56 Å². The van der Waals surface area contributed by atoms with Crippen molar-refractivity contribution in [2.24, 2.45) is 0 Å². The van der Waals surface area contributed by atoms with E-state index in [1.54, 1.807) is 22.8 Å². The molecular weight excluding hydrogens is 367 g/mol. The lowest BCUT2D eigenvalue weighted by molar-refractivity contribution is 0.626. The van der Waals surface area contributed by atoms with Crippen LogP contribution in [0.15, 0.2) is 77.6 Å². The third-order valence-electron chi connectivity index (χ3n) is 5.07. The highest BCUT2D eigenvalue weighted by Gasteiger charge is 2.17. The number of aryl methyl sites for hydroxylation is 1. The highest BCUT2D eigenvalue weighted by atomic mass is 19.1. The van der Waals surface area contributed by atoms with Crippen molar-refractivity contribution in [3.63, 3.8) is 0 Å². The Morgan fingerprint density at radius 3 is 2.38 bits per heavy atom. The Hall–Kier alpha value is -3.80. The number of rotatable bonds is 3. The maximum atomic E-state index is 13.3. The zero-order valence-corrected chi connectivity index (χ0v) is 15.7. The van der Waals surface area contributed by atoms with Crippen LogP contribution >= 0.6 is 0 Å². The molecule has 0 bridgehead atoms. The van der Waals surface area contributed by atoms with Gasteiger partial charge in [0.2, 0.25) is 5.78 Å². The van der Waals surface area contributed by atoms with Gasteiger partial charge in [0, 0.05) is 5.56 Å². The van der Waals surface area contributed by atoms with Gasteiger partial charge in [0.15, 0.2) is 5.82 Å². The maximum Gasteiger partial charge on any atom is 0.263 e. The van der Waals surface area contributed by atoms with E-state index in [4.69, 9.17) is 0 Å². The van der Waals surface area contributed by atoms with Crippen molar-refractivity contribution >= 4 is 16.7 Å². The van der Waals surface area contributed by atoms with Crippen molar-refractivity contribution in [3.8, 4) is 11.4 Å². The summed E-state index contributed by atoms with van der Waals surface area (Å²) in [5, 5.41) is 9.32. The third-order valence-corrected chi connectivity index (χ3v) is 5.07. The first-order chi connectivity index (χ1) is 14.1. The van der Waals surface area contributed by atoms with Gasteiger partial charge in [-0.25, -0.2) is 4.39 Å². The molecule has 142 valence electrons. The summed E-state index contributed by atoms with van der Waals surface area (Å²) in [5.41, 5.74) is 3.48. The molecule has 0 radical (unpaired) electrons. The molecule has 0 aliphatic rings. The first kappa shape index (κ1) is 17.3. The third kappa shape index (κ3) is 2.89. The zero-order valence-electron chi connectivity index (χ0n) is 15.7. The number of aromatic nitrogens is 4. The van der Waals surface area contributed by atoms with E-state index < -0.39 is 0 Å². The lowest BCUT2D eigenvalue weighted by Crippen LogP contribution is -2.24. The molecule has 0 aliphatic carbocycles. The first-order valence-corrected chi connectivity index (χ1v) is 9.30. The second kappa shape index (κ2) is 6.67. The molecule has 0 amide bonds. The van der Waals surface area contributed by atoms with Gasteiger partial charge in [-0.15, -0.1) is 10.2 Å². The van der Waals surface area contributed by atoms with Crippen LogP contribution < -0.4 is 5.56 Å². The Labute approximate surface area is 165 Å². The Morgan fingerprint density at radius 2 is 1.62 bits per heavy atom. The molecule has 0 spiro atoms. The molecule has 5 aromatic rings. The number of hydrogen-bond donors (Lipinski definition) is 0. The summed E-state index contributed by atoms with van der Waals surface area (Å²) in [7, 11) is 0. The van der Waals surface area contributed by atoms with Gasteiger partial charge in [0.1, 0.15) is 5.82 Å². The molecule has 2 heterocycles. The molecule has 0 N–H and O–H groups in total. The van der Waals surface area contributed by atoms with E-state index in [0.717, 1.165) is 22.2 Å². The van der Waals surface area contributed by atoms with Crippen molar-refractivity contribution in [1.29, 1.82) is 0 Å². The Kier molecular flexibility index (Phi) is 3.98. The highest BCUT2D eigenvalue weighted by Crippen LogP contribution is 2.23. The number of benzene rings is 3. The standard InChI is InChI=1S/C23H17FN4O/c1-15-6-10-17(11-7-15)21-25-26-23-27(14-16-8-12-18(24)13-9-16)22(29)19-4-2-3-5-20(19)28(21)23/h2-13H,14H2,1H3. The van der Waals surface area contributed by atoms with Crippen molar-refractivity contribution in [2.45, 2.75) is 13.5 Å². The summed E-state index contributed by atoms with van der Waals surface area (Å²) >= 11 is 0. The van der Waals surface area contributed by atoms with Crippen LogP contribution in [0.5, 0.6) is 0 Å². The molecule has 5 rings (SSSR count). The Morgan fingerprint density at radius 1 is 0.897 bits per heavy atom. The van der Waals surface area contributed by atoms with Crippen molar-refractivity contribution in [1.82, 2.24) is 19.2 Å². The number of para-hydroxylation sites is 1. The highest BCUT2D eigenvalue weighted by molar-refractivity contribution is 5.82. The van der Waals surface area contributed by atoms with Crippen LogP contribution in [-0.4, -0.2) is 19.2 Å². The fraction of sp³-hybridized carbons (Fsp3) is 0.0870. The molecule has 5 nitrogen and oxygen atoms in total. The summed E-state index contributed by atoms with van der Waals surface area (Å²) in [6.45, 7) is 2.31. The molecule has 2 aromatic heterocycles. The minimum absolute atomic E-state index is 0.153. The largest absolute Gasteiger partial charge is 0.272 e. The maximum absolute atomic E-state index is 13.3. The zero-order chi connectivity index (χ0) is 20.0. The Balaban J connectivity index is 1.81. The SMILES string of the molecule is Cc1ccc(-c2nnc3n(Cc4ccc(F)cc4)c(=O)c4ccccc4n23)cc1. The second-order valence-corrected chi connectivity index (χ2v) is 7.06. The van der Waals surface area contributed by atoms with E-state index in [1.807, 2.05) is 53.8 Å². The van der Waals surface area contributed by atoms with Gasteiger partial charge in [-0.05, 0) is 36.8 Å². The minimum Gasteiger partial charge on any atom is -0.272 e. The van der Waals surface area contributed by atoms with Crippen LogP contribution in [0.1, 0.15) is 11.1 Å². The summed E-state index contributed by atoms with van der Waals surface area (Å²) in [5.74, 6) is 0.812. The molecule has 6 heteroatoms. The molecule has 0 saturated carbocycles. The Bertz CT molecular complexity index is 1400. The summed E-state index contributed by atoms with van der Waals surface area (Å²) in [6, 6.07) is 21.6. The molecular formula is C23H17FN4O. The van der Waals surface area contributed by atoms with Crippen LogP contribution in [0, 0.1) is 12.7 Å². The predicted molar refractivity (Wildman–Crippen MR) is 110 cm³/mol. The molecule has 3 aromatic carbocycles. The topological polar surface area (TPSA) is 52.2 Å². The molecule has 0 aliphatic heterocycles. The molecule has 0 fully saturated rings. The fourth-order valence-electron chi connectivity index (χ4n) is 3.56. The number of hydrogen-bond acceptors (Lipinski definition) is 3. The molecule has 0 atom stereocenters. The van der Waals surface area contributed by atoms with Crippen LogP contribution in [0.4, 0.5) is 4.39 Å². The number of fused-ring (bicyclic) bond motifs is 3. The van der Waals surface area contributed by atoms with Gasteiger partial charge < -0.3 is 0 Å². The van der Waals surface area contributed by atoms with Crippen molar-refractivity contribution in [2.75, 3.05) is 0 Å². The van der Waals surface area contributed by atoms with Crippen LogP contribution in [-0.2, 0) is 6.54 Å². The lowest BCUT2D eigenvalue weighted by Gasteiger charge is -2.11. The lowest BCUT2D eigenvalue weighted by atomic mass is 10.1. The monoisotopic (exact) mass is 384 g/mol. The quantitative estimate of drug-likeness (QED) is 0.468. The number of halogens is 1. The van der Waals surface area contributed by atoms with Gasteiger partial charge in [-0.3, -0.25) is 13.8 Å². The van der Waals surface area contributed by atoms with E-state index in [1.165, 1.54) is 12.1 Å². The molecule has 29 heavy (non-hydrogen) atoms. The van der Waals surface area contributed by atoms with E-state index in [2.05, 4.69) is 10.2 Å². The average Bonchev–Trinajstić information content (AvgIpc) is 3.18. The molecule has 0 unspecified atom stereocenters. The van der Waals surface area contributed by atoms with Crippen molar-refractivity contribution < 1.29 is 4.39 Å². The van der Waals surface area contributed by atoms with Crippen LogP contribution in [0.25, 0.3) is 28.1 Å². The van der Waals surface area contributed by atoms with Crippen LogP contribution in [0.3, 0.4) is 0 Å². The van der Waals surface area contributed by atoms with Crippen molar-refractivity contribution in [3.05, 3.63) is 100 Å². The average molecular weight is 384 g/mol. The number of nitrogens with zero attached hydrogens (tertiary/aromatic N) is 4. The van der Waals surface area contributed by atoms with E-state index in [-0.39, 0.29) is 17.9 Å². The minimum atomic E-state index is -0.311. The van der Waals surface area contributed by atoms with Crippen LogP contribution in [0.2, 0.25) is 0 Å². The van der Waals surface area contributed by atoms with Gasteiger partial charge in [0.05, 0.1) is 17.4 Å². The smallest absolute Gasteiger partial charge is 0.263 e. The normalized spacial score (nSPS) is 11.4. The van der Waals surface area contributed by atoms with E-state index in [0.29, 0.717) is 17.0 Å². The van der Waals surface area contributed by atoms with Gasteiger partial charge in [-0.2, -0.15) is 0 Å². The predicted octanol–water partition coefficient (Wildman–Crippen LogP) is 4.21. The molecule has 0 saturated heterocycles. The van der Waals surface area contributed by atoms with E-state index >= 15 is 0 Å². The van der Waals surface area contributed by atoms with Gasteiger partial charge >= 0.3 is 0 Å². The van der Waals surface area contributed by atoms with E-state index in [9.17, 15) is 9.18 Å². The summed E-state index contributed by atoms with van der Waals surface area (Å²) in [4.78, 5) is 13.2. The summed E-state index contributed by atoms with van der Waals surface area (Å²) < 4.78 is 16.8. The first-order valence-electron chi connectivity index (χ1n) is 9.30. The summed E-state index contributed by atoms with van der Waals surface area (Å²) in [6.07, 6.45) is 0. The fourth-order valence-corrected chi connectivity index (χ4v) is 3.56. The van der Waals surface area contributed by atoms with Gasteiger partial charge in [-0.1, -0.05) is 54.1 Å².